The van der Waals surface area contributed by atoms with Gasteiger partial charge in [0.15, 0.2) is 0 Å². The van der Waals surface area contributed by atoms with E-state index >= 15 is 0 Å². The van der Waals surface area contributed by atoms with Crippen molar-refractivity contribution in [2.45, 2.75) is 77.4 Å². The van der Waals surface area contributed by atoms with Crippen LogP contribution < -0.4 is 17.2 Å². The fraction of sp³-hybridized carbons (Fsp3) is 0.385. The van der Waals surface area contributed by atoms with Crippen molar-refractivity contribution in [2.75, 3.05) is 0 Å². The number of carboxylic acid groups (broad SMARTS) is 3. The molecule has 0 spiro atoms. The Morgan fingerprint density at radius 1 is 0.519 bits per heavy atom. The van der Waals surface area contributed by atoms with Crippen LogP contribution in [0.15, 0.2) is 72.8 Å². The summed E-state index contributed by atoms with van der Waals surface area (Å²) in [5.41, 5.74) is 17.7. The Bertz CT molecular complexity index is 1720. The average Bonchev–Trinajstić information content (AvgIpc) is 3.09. The number of hydrogen-bond acceptors (Lipinski definition) is 9. The summed E-state index contributed by atoms with van der Waals surface area (Å²) in [7, 11) is 0. The van der Waals surface area contributed by atoms with Gasteiger partial charge in [0, 0.05) is 19.3 Å². The van der Waals surface area contributed by atoms with Gasteiger partial charge in [-0.2, -0.15) is 0 Å². The topological polar surface area (TPSA) is 241 Å². The maximum atomic E-state index is 13.4. The summed E-state index contributed by atoms with van der Waals surface area (Å²) < 4.78 is 39.1. The fourth-order valence-electron chi connectivity index (χ4n) is 4.81. The van der Waals surface area contributed by atoms with E-state index in [2.05, 4.69) is 0 Å². The minimum Gasteiger partial charge on any atom is -0.481 e. The number of halogens is 3. The number of aliphatic carboxylic acids is 3. The Kier molecular flexibility index (Phi) is 20.3. The predicted octanol–water partition coefficient (Wildman–Crippen LogP) is 4.13. The van der Waals surface area contributed by atoms with Crippen molar-refractivity contribution in [3.8, 4) is 0 Å². The SMILES string of the molecule is C[C@H](N)C(=O)CC(Cc1ccc(F)cc1)C(=O)O.C[C@H](N)C(=O)CC(Cc1cccc(F)c1)C(=O)O.C[C@H](N)C(=O)CC(Cc1ccccc1F)C(=O)O. The van der Waals surface area contributed by atoms with E-state index in [1.165, 1.54) is 81.4 Å². The molecule has 0 fully saturated rings. The highest BCUT2D eigenvalue weighted by Crippen LogP contribution is 2.18. The van der Waals surface area contributed by atoms with Crippen molar-refractivity contribution in [3.63, 3.8) is 0 Å². The molecule has 3 aromatic rings. The van der Waals surface area contributed by atoms with Gasteiger partial charge < -0.3 is 32.5 Å². The zero-order chi connectivity index (χ0) is 41.1. The Morgan fingerprint density at radius 3 is 1.31 bits per heavy atom. The maximum Gasteiger partial charge on any atom is 0.307 e. The smallest absolute Gasteiger partial charge is 0.307 e. The molecule has 294 valence electrons. The Labute approximate surface area is 311 Å². The third-order valence-corrected chi connectivity index (χ3v) is 8.10. The van der Waals surface area contributed by atoms with Gasteiger partial charge >= 0.3 is 17.9 Å². The average molecular weight is 760 g/mol. The van der Waals surface area contributed by atoms with Crippen LogP contribution in [-0.4, -0.2) is 68.7 Å². The molecule has 0 saturated carbocycles. The fourth-order valence-corrected chi connectivity index (χ4v) is 4.81. The van der Waals surface area contributed by atoms with E-state index in [9.17, 15) is 41.9 Å². The van der Waals surface area contributed by atoms with Crippen LogP contribution in [-0.2, 0) is 48.0 Å². The first kappa shape index (κ1) is 46.8. The Balaban J connectivity index is 0.000000405. The number of nitrogens with two attached hydrogens (primary N) is 3. The van der Waals surface area contributed by atoms with E-state index in [0.29, 0.717) is 16.7 Å². The second-order valence-corrected chi connectivity index (χ2v) is 12.9. The van der Waals surface area contributed by atoms with E-state index in [1.54, 1.807) is 12.1 Å². The van der Waals surface area contributed by atoms with Crippen LogP contribution in [0.4, 0.5) is 13.2 Å². The molecule has 0 heterocycles. The number of benzene rings is 3. The highest BCUT2D eigenvalue weighted by molar-refractivity contribution is 5.88. The van der Waals surface area contributed by atoms with Crippen molar-refractivity contribution < 1.29 is 57.3 Å². The first-order valence-electron chi connectivity index (χ1n) is 17.0. The Morgan fingerprint density at radius 2 is 0.926 bits per heavy atom. The third kappa shape index (κ3) is 18.0. The first-order chi connectivity index (χ1) is 25.2. The minimum absolute atomic E-state index is 0.0134. The van der Waals surface area contributed by atoms with Crippen molar-refractivity contribution in [1.29, 1.82) is 0 Å². The summed E-state index contributed by atoms with van der Waals surface area (Å²) in [6, 6.07) is 15.2. The molecule has 6 atom stereocenters. The van der Waals surface area contributed by atoms with Crippen LogP contribution in [0.1, 0.15) is 56.7 Å². The largest absolute Gasteiger partial charge is 0.481 e. The van der Waals surface area contributed by atoms with Crippen molar-refractivity contribution in [3.05, 3.63) is 107 Å². The maximum absolute atomic E-state index is 13.4. The highest BCUT2D eigenvalue weighted by atomic mass is 19.1. The molecule has 9 N–H and O–H groups in total. The number of rotatable bonds is 18. The molecule has 3 aromatic carbocycles. The van der Waals surface area contributed by atoms with E-state index in [0.717, 1.165) is 0 Å². The van der Waals surface area contributed by atoms with Gasteiger partial charge in [-0.05, 0) is 87.1 Å². The van der Waals surface area contributed by atoms with Gasteiger partial charge in [0.05, 0.1) is 35.9 Å². The quantitative estimate of drug-likeness (QED) is 0.107. The first-order valence-corrected chi connectivity index (χ1v) is 17.0. The lowest BCUT2D eigenvalue weighted by atomic mass is 9.92. The molecule has 0 aliphatic rings. The summed E-state index contributed by atoms with van der Waals surface area (Å²) in [5.74, 6) is -8.07. The number of ketones is 3. The van der Waals surface area contributed by atoms with Gasteiger partial charge in [-0.25, -0.2) is 13.2 Å². The van der Waals surface area contributed by atoms with Gasteiger partial charge in [-0.3, -0.25) is 28.8 Å². The molecule has 12 nitrogen and oxygen atoms in total. The molecule has 0 aliphatic carbocycles. The third-order valence-electron chi connectivity index (χ3n) is 8.10. The molecule has 0 aromatic heterocycles. The monoisotopic (exact) mass is 759 g/mol. The van der Waals surface area contributed by atoms with Gasteiger partial charge in [0.25, 0.3) is 0 Å². The number of carbonyl (C=O) groups is 6. The lowest BCUT2D eigenvalue weighted by Gasteiger charge is -2.13. The zero-order valence-electron chi connectivity index (χ0n) is 30.3. The van der Waals surface area contributed by atoms with Crippen LogP contribution in [0.2, 0.25) is 0 Å². The number of carbonyl (C=O) groups excluding carboxylic acids is 3. The van der Waals surface area contributed by atoms with Gasteiger partial charge in [-0.1, -0.05) is 42.5 Å². The molecule has 3 rings (SSSR count). The molecular weight excluding hydrogens is 711 g/mol. The molecule has 0 saturated heterocycles. The van der Waals surface area contributed by atoms with Gasteiger partial charge in [-0.15, -0.1) is 0 Å². The second-order valence-electron chi connectivity index (χ2n) is 12.9. The van der Waals surface area contributed by atoms with E-state index in [1.807, 2.05) is 0 Å². The molecule has 15 heteroatoms. The van der Waals surface area contributed by atoms with E-state index < -0.39 is 65.4 Å². The summed E-state index contributed by atoms with van der Waals surface area (Å²) in [6.45, 7) is 4.55. The minimum atomic E-state index is -1.12. The van der Waals surface area contributed by atoms with Crippen molar-refractivity contribution in [1.82, 2.24) is 0 Å². The van der Waals surface area contributed by atoms with Crippen LogP contribution >= 0.6 is 0 Å². The molecule has 0 amide bonds. The van der Waals surface area contributed by atoms with Crippen LogP contribution in [0.5, 0.6) is 0 Å². The summed E-state index contributed by atoms with van der Waals surface area (Å²) in [6.07, 6.45) is -0.130. The van der Waals surface area contributed by atoms with Crippen molar-refractivity contribution in [2.24, 2.45) is 35.0 Å². The van der Waals surface area contributed by atoms with Crippen LogP contribution in [0.3, 0.4) is 0 Å². The Hall–Kier alpha value is -5.25. The number of hydrogen-bond donors (Lipinski definition) is 6. The second kappa shape index (κ2) is 23.4. The summed E-state index contributed by atoms with van der Waals surface area (Å²) in [5, 5.41) is 27.1. The predicted molar refractivity (Wildman–Crippen MR) is 194 cm³/mol. The van der Waals surface area contributed by atoms with E-state index in [4.69, 9.17) is 32.5 Å². The lowest BCUT2D eigenvalue weighted by molar-refractivity contribution is -0.144. The molecule has 0 bridgehead atoms. The molecule has 0 aliphatic heterocycles. The van der Waals surface area contributed by atoms with Gasteiger partial charge in [0.1, 0.15) is 34.8 Å². The van der Waals surface area contributed by atoms with Crippen LogP contribution in [0, 0.1) is 35.2 Å². The van der Waals surface area contributed by atoms with E-state index in [-0.39, 0.29) is 61.7 Å². The number of Topliss-reactive ketones (excluding diaryl/α,β-unsaturated/α-hetero) is 3. The number of carboxylic acids is 3. The molecular formula is C39H48F3N3O9. The summed E-state index contributed by atoms with van der Waals surface area (Å²) >= 11 is 0. The summed E-state index contributed by atoms with van der Waals surface area (Å²) in [4.78, 5) is 67.5. The molecule has 0 radical (unpaired) electrons. The zero-order valence-corrected chi connectivity index (χ0v) is 30.3. The molecule has 3 unspecified atom stereocenters. The van der Waals surface area contributed by atoms with Crippen molar-refractivity contribution >= 4 is 35.3 Å². The highest BCUT2D eigenvalue weighted by Gasteiger charge is 2.26. The van der Waals surface area contributed by atoms with Gasteiger partial charge in [0.2, 0.25) is 0 Å². The lowest BCUT2D eigenvalue weighted by Crippen LogP contribution is -2.31. The normalized spacial score (nSPS) is 13.9. The standard InChI is InChI=1S/3C13H16FNO3/c1-8(15)12(16)7-10(13(17)18)6-9-2-4-11(14)5-3-9;1-8(15)12(16)7-10(13(17)18)5-9-3-2-4-11(14)6-9;1-8(15)12(16)7-10(13(17)18)6-9-4-2-3-5-11(9)14/h2-5,8,10H,6-7,15H2,1H3,(H,17,18);2-4,6,8,10H,5,7,15H2,1H3,(H,17,18);2-5,8,10H,6-7,15H2,1H3,(H,17,18)/t3*8-,10?/m000/s1. The van der Waals surface area contributed by atoms with Crippen LogP contribution in [0.25, 0.3) is 0 Å². The molecule has 54 heavy (non-hydrogen) atoms.